The van der Waals surface area contributed by atoms with Crippen molar-refractivity contribution in [3.05, 3.63) is 96.3 Å². The Balaban J connectivity index is 1.47. The highest BCUT2D eigenvalue weighted by atomic mass is 32.2. The van der Waals surface area contributed by atoms with Gasteiger partial charge >= 0.3 is 0 Å². The fourth-order valence-corrected chi connectivity index (χ4v) is 4.66. The molecule has 1 aliphatic heterocycles. The molecular formula is C24H23FN2OS. The number of rotatable bonds is 5. The lowest BCUT2D eigenvalue weighted by atomic mass is 10.1. The van der Waals surface area contributed by atoms with E-state index in [1.54, 1.807) is 23.9 Å². The standard InChI is InChI=1S/C24H23FN2OS/c25-20-11-13-21(14-12-20)26-15-17-27(18-16-26)24(28)23(19-7-3-1-4-8-19)29-22-9-5-2-6-10-22/h1-14,23H,15-18H2/t23-/m1/s1. The van der Waals surface area contributed by atoms with Crippen LogP contribution < -0.4 is 4.90 Å². The molecule has 0 bridgehead atoms. The largest absolute Gasteiger partial charge is 0.368 e. The van der Waals surface area contributed by atoms with Crippen LogP contribution in [0.3, 0.4) is 0 Å². The van der Waals surface area contributed by atoms with E-state index in [0.29, 0.717) is 13.1 Å². The quantitative estimate of drug-likeness (QED) is 0.557. The number of hydrogen-bond acceptors (Lipinski definition) is 3. The zero-order valence-corrected chi connectivity index (χ0v) is 16.9. The third-order valence-electron chi connectivity index (χ3n) is 5.11. The number of thioether (sulfide) groups is 1. The summed E-state index contributed by atoms with van der Waals surface area (Å²) < 4.78 is 13.2. The van der Waals surface area contributed by atoms with Gasteiger partial charge in [-0.3, -0.25) is 4.79 Å². The van der Waals surface area contributed by atoms with Gasteiger partial charge < -0.3 is 9.80 Å². The van der Waals surface area contributed by atoms with Gasteiger partial charge in [0.25, 0.3) is 0 Å². The zero-order valence-electron chi connectivity index (χ0n) is 16.1. The van der Waals surface area contributed by atoms with Crippen molar-refractivity contribution in [3.8, 4) is 0 Å². The fraction of sp³-hybridized carbons (Fsp3) is 0.208. The molecule has 148 valence electrons. The molecular weight excluding hydrogens is 383 g/mol. The van der Waals surface area contributed by atoms with Crippen molar-refractivity contribution >= 4 is 23.4 Å². The van der Waals surface area contributed by atoms with Crippen LogP contribution in [-0.2, 0) is 4.79 Å². The Morgan fingerprint density at radius 3 is 2.00 bits per heavy atom. The Labute approximate surface area is 175 Å². The Hall–Kier alpha value is -2.79. The van der Waals surface area contributed by atoms with Gasteiger partial charge in [0.1, 0.15) is 11.1 Å². The third kappa shape index (κ3) is 4.80. The first-order chi connectivity index (χ1) is 14.2. The van der Waals surface area contributed by atoms with Crippen LogP contribution in [0.15, 0.2) is 89.8 Å². The van der Waals surface area contributed by atoms with Gasteiger partial charge in [0, 0.05) is 36.8 Å². The monoisotopic (exact) mass is 406 g/mol. The molecule has 1 saturated heterocycles. The number of carbonyl (C=O) groups excluding carboxylic acids is 1. The molecule has 1 fully saturated rings. The van der Waals surface area contributed by atoms with Crippen molar-refractivity contribution in [2.24, 2.45) is 0 Å². The number of benzene rings is 3. The van der Waals surface area contributed by atoms with Crippen LogP contribution >= 0.6 is 11.8 Å². The summed E-state index contributed by atoms with van der Waals surface area (Å²) in [5, 5.41) is -0.268. The van der Waals surface area contributed by atoms with Gasteiger partial charge in [0.05, 0.1) is 0 Å². The lowest BCUT2D eigenvalue weighted by molar-refractivity contribution is -0.131. The van der Waals surface area contributed by atoms with Gasteiger partial charge in [0.15, 0.2) is 0 Å². The Morgan fingerprint density at radius 2 is 1.38 bits per heavy atom. The van der Waals surface area contributed by atoms with Crippen LogP contribution in [0.5, 0.6) is 0 Å². The average Bonchev–Trinajstić information content (AvgIpc) is 2.79. The minimum absolute atomic E-state index is 0.142. The highest BCUT2D eigenvalue weighted by Crippen LogP contribution is 2.37. The smallest absolute Gasteiger partial charge is 0.240 e. The molecule has 0 aliphatic carbocycles. The summed E-state index contributed by atoms with van der Waals surface area (Å²) >= 11 is 1.60. The van der Waals surface area contributed by atoms with E-state index in [4.69, 9.17) is 0 Å². The second-order valence-corrected chi connectivity index (χ2v) is 8.19. The van der Waals surface area contributed by atoms with E-state index in [1.165, 1.54) is 12.1 Å². The molecule has 1 aliphatic rings. The molecule has 5 heteroatoms. The molecule has 0 saturated carbocycles. The normalized spacial score (nSPS) is 15.2. The first-order valence-electron chi connectivity index (χ1n) is 9.77. The maximum Gasteiger partial charge on any atom is 0.240 e. The molecule has 1 amide bonds. The molecule has 3 aromatic rings. The number of nitrogens with zero attached hydrogens (tertiary/aromatic N) is 2. The molecule has 0 aromatic heterocycles. The molecule has 1 heterocycles. The molecule has 4 rings (SSSR count). The lowest BCUT2D eigenvalue weighted by Crippen LogP contribution is -2.49. The van der Waals surface area contributed by atoms with E-state index >= 15 is 0 Å². The van der Waals surface area contributed by atoms with E-state index in [0.717, 1.165) is 29.2 Å². The predicted molar refractivity (Wildman–Crippen MR) is 117 cm³/mol. The summed E-state index contributed by atoms with van der Waals surface area (Å²) in [6, 6.07) is 26.6. The van der Waals surface area contributed by atoms with E-state index in [2.05, 4.69) is 4.90 Å². The minimum Gasteiger partial charge on any atom is -0.368 e. The molecule has 0 spiro atoms. The van der Waals surface area contributed by atoms with E-state index in [-0.39, 0.29) is 17.0 Å². The zero-order chi connectivity index (χ0) is 20.1. The first-order valence-corrected chi connectivity index (χ1v) is 10.6. The minimum atomic E-state index is -0.268. The van der Waals surface area contributed by atoms with Crippen LogP contribution in [-0.4, -0.2) is 37.0 Å². The number of carbonyl (C=O) groups is 1. The third-order valence-corrected chi connectivity index (χ3v) is 6.36. The number of anilines is 1. The molecule has 3 aromatic carbocycles. The van der Waals surface area contributed by atoms with Gasteiger partial charge in [-0.1, -0.05) is 48.5 Å². The van der Waals surface area contributed by atoms with Gasteiger partial charge in [-0.25, -0.2) is 4.39 Å². The van der Waals surface area contributed by atoms with Gasteiger partial charge in [-0.2, -0.15) is 0 Å². The van der Waals surface area contributed by atoms with Crippen molar-refractivity contribution in [3.63, 3.8) is 0 Å². The SMILES string of the molecule is O=C([C@H](Sc1ccccc1)c1ccccc1)N1CCN(c2ccc(F)cc2)CC1. The number of hydrogen-bond donors (Lipinski definition) is 0. The van der Waals surface area contributed by atoms with Gasteiger partial charge in [0.2, 0.25) is 5.91 Å². The maximum absolute atomic E-state index is 13.4. The molecule has 0 radical (unpaired) electrons. The molecule has 1 atom stereocenters. The topological polar surface area (TPSA) is 23.6 Å². The summed E-state index contributed by atoms with van der Waals surface area (Å²) in [6.07, 6.45) is 0. The summed E-state index contributed by atoms with van der Waals surface area (Å²) in [6.45, 7) is 2.81. The van der Waals surface area contributed by atoms with Crippen LogP contribution in [0.25, 0.3) is 0 Å². The van der Waals surface area contributed by atoms with Gasteiger partial charge in [-0.05, 0) is 42.0 Å². The van der Waals surface area contributed by atoms with Crippen molar-refractivity contribution in [2.75, 3.05) is 31.1 Å². The average molecular weight is 407 g/mol. The molecule has 3 nitrogen and oxygen atoms in total. The second-order valence-electron chi connectivity index (χ2n) is 7.01. The van der Waals surface area contributed by atoms with Crippen molar-refractivity contribution in [1.29, 1.82) is 0 Å². The Kier molecular flexibility index (Phi) is 6.15. The number of amides is 1. The van der Waals surface area contributed by atoms with E-state index in [9.17, 15) is 9.18 Å². The van der Waals surface area contributed by atoms with Crippen molar-refractivity contribution in [1.82, 2.24) is 4.90 Å². The van der Waals surface area contributed by atoms with E-state index < -0.39 is 0 Å². The van der Waals surface area contributed by atoms with Crippen LogP contribution in [0.2, 0.25) is 0 Å². The Morgan fingerprint density at radius 1 is 0.793 bits per heavy atom. The second kappa shape index (κ2) is 9.14. The van der Waals surface area contributed by atoms with Crippen LogP contribution in [0.4, 0.5) is 10.1 Å². The van der Waals surface area contributed by atoms with E-state index in [1.807, 2.05) is 65.6 Å². The highest BCUT2D eigenvalue weighted by Gasteiger charge is 2.29. The van der Waals surface area contributed by atoms with Crippen LogP contribution in [0, 0.1) is 5.82 Å². The number of halogens is 1. The highest BCUT2D eigenvalue weighted by molar-refractivity contribution is 8.00. The summed E-state index contributed by atoms with van der Waals surface area (Å²) in [7, 11) is 0. The summed E-state index contributed by atoms with van der Waals surface area (Å²) in [5.74, 6) is -0.0880. The molecule has 0 N–H and O–H groups in total. The van der Waals surface area contributed by atoms with Crippen molar-refractivity contribution in [2.45, 2.75) is 10.1 Å². The number of piperazine rings is 1. The fourth-order valence-electron chi connectivity index (χ4n) is 3.53. The maximum atomic E-state index is 13.4. The van der Waals surface area contributed by atoms with Gasteiger partial charge in [-0.15, -0.1) is 11.8 Å². The Bertz CT molecular complexity index is 926. The summed E-state index contributed by atoms with van der Waals surface area (Å²) in [4.78, 5) is 18.7. The van der Waals surface area contributed by atoms with Crippen molar-refractivity contribution < 1.29 is 9.18 Å². The molecule has 0 unspecified atom stereocenters. The lowest BCUT2D eigenvalue weighted by Gasteiger charge is -2.37. The van der Waals surface area contributed by atoms with Crippen LogP contribution in [0.1, 0.15) is 10.8 Å². The first kappa shape index (κ1) is 19.5. The summed E-state index contributed by atoms with van der Waals surface area (Å²) in [5.41, 5.74) is 2.02. The molecule has 29 heavy (non-hydrogen) atoms. The predicted octanol–water partition coefficient (Wildman–Crippen LogP) is 5.01.